The number of rotatable bonds is 5. The smallest absolute Gasteiger partial charge is 0.413 e. The zero-order valence-corrected chi connectivity index (χ0v) is 18.9. The van der Waals surface area contributed by atoms with Gasteiger partial charge in [-0.3, -0.25) is 10.3 Å². The lowest BCUT2D eigenvalue weighted by molar-refractivity contribution is 0.161. The fourth-order valence-electron chi connectivity index (χ4n) is 3.77. The van der Waals surface area contributed by atoms with E-state index in [0.29, 0.717) is 16.8 Å². The number of ether oxygens (including phenoxy) is 1. The van der Waals surface area contributed by atoms with Crippen LogP contribution in [0.4, 0.5) is 9.93 Å². The molecule has 3 aromatic heterocycles. The Morgan fingerprint density at radius 2 is 2.12 bits per heavy atom. The van der Waals surface area contributed by atoms with Crippen molar-refractivity contribution in [1.82, 2.24) is 19.7 Å². The van der Waals surface area contributed by atoms with Crippen molar-refractivity contribution in [3.05, 3.63) is 65.1 Å². The molecule has 1 N–H and O–H groups in total. The first-order chi connectivity index (χ1) is 15.7. The van der Waals surface area contributed by atoms with Crippen molar-refractivity contribution in [3.8, 4) is 27.5 Å². The second kappa shape index (κ2) is 8.72. The molecule has 7 nitrogen and oxygen atoms in total. The Bertz CT molecular complexity index is 1290. The zero-order chi connectivity index (χ0) is 22.1. The molecule has 4 aromatic rings. The van der Waals surface area contributed by atoms with Crippen LogP contribution >= 0.6 is 22.9 Å². The first-order valence-corrected chi connectivity index (χ1v) is 11.6. The van der Waals surface area contributed by atoms with E-state index in [0.717, 1.165) is 58.0 Å². The summed E-state index contributed by atoms with van der Waals surface area (Å²) in [5.74, 6) is 0. The molecule has 0 saturated carbocycles. The van der Waals surface area contributed by atoms with Crippen LogP contribution in [-0.4, -0.2) is 32.4 Å². The quantitative estimate of drug-likeness (QED) is 0.404. The summed E-state index contributed by atoms with van der Waals surface area (Å²) in [4.78, 5) is 21.9. The first-order valence-electron chi connectivity index (χ1n) is 10.4. The Kier molecular flexibility index (Phi) is 5.63. The van der Waals surface area contributed by atoms with E-state index in [1.54, 1.807) is 6.20 Å². The molecule has 0 fully saturated rings. The minimum Gasteiger partial charge on any atom is -0.449 e. The highest BCUT2D eigenvalue weighted by Crippen LogP contribution is 2.44. The number of pyridine rings is 1. The number of carbonyl (C=O) groups is 1. The summed E-state index contributed by atoms with van der Waals surface area (Å²) in [6, 6.07) is 11.5. The molecule has 1 amide bonds. The molecule has 32 heavy (non-hydrogen) atoms. The number of carbonyl (C=O) groups excluding carboxylic acids is 1. The Labute approximate surface area is 194 Å². The SMILES string of the molecule is CCCOC(=O)Nc1nc2c(s1)-c1c(c(-c3cccnc3)nn1-c1ccccc1Cl)CC2. The van der Waals surface area contributed by atoms with E-state index in [9.17, 15) is 4.79 Å². The van der Waals surface area contributed by atoms with Crippen LogP contribution in [0.15, 0.2) is 48.8 Å². The third kappa shape index (κ3) is 3.76. The zero-order valence-electron chi connectivity index (χ0n) is 17.3. The van der Waals surface area contributed by atoms with Gasteiger partial charge in [0.25, 0.3) is 0 Å². The van der Waals surface area contributed by atoms with Crippen molar-refractivity contribution in [1.29, 1.82) is 0 Å². The van der Waals surface area contributed by atoms with Crippen LogP contribution in [0.1, 0.15) is 24.6 Å². The molecule has 0 unspecified atom stereocenters. The molecule has 0 radical (unpaired) electrons. The number of para-hydroxylation sites is 1. The second-order valence-corrected chi connectivity index (χ2v) is 8.74. The number of aryl methyl sites for hydroxylation is 1. The molecule has 0 aliphatic heterocycles. The van der Waals surface area contributed by atoms with Gasteiger partial charge in [0, 0.05) is 23.5 Å². The van der Waals surface area contributed by atoms with Crippen molar-refractivity contribution >= 4 is 34.2 Å². The van der Waals surface area contributed by atoms with E-state index in [2.05, 4.69) is 15.3 Å². The van der Waals surface area contributed by atoms with E-state index in [-0.39, 0.29) is 0 Å². The maximum Gasteiger partial charge on any atom is 0.413 e. The Morgan fingerprint density at radius 1 is 1.25 bits per heavy atom. The molecule has 0 bridgehead atoms. The van der Waals surface area contributed by atoms with E-state index in [1.807, 2.05) is 54.2 Å². The molecule has 1 aliphatic carbocycles. The summed E-state index contributed by atoms with van der Waals surface area (Å²) in [6.45, 7) is 2.32. The number of fused-ring (bicyclic) bond motifs is 3. The molecule has 0 atom stereocenters. The minimum atomic E-state index is -0.492. The van der Waals surface area contributed by atoms with Gasteiger partial charge in [-0.15, -0.1) is 0 Å². The molecule has 1 aromatic carbocycles. The molecule has 0 saturated heterocycles. The summed E-state index contributed by atoms with van der Waals surface area (Å²) >= 11 is 7.97. The van der Waals surface area contributed by atoms with Gasteiger partial charge in [-0.1, -0.05) is 42.0 Å². The number of anilines is 1. The standard InChI is InChI=1S/C23H20ClN5O2S/c1-2-12-31-23(30)27-22-26-17-10-9-15-19(14-6-5-11-25-13-14)28-29(20(15)21(17)32-22)18-8-4-3-7-16(18)24/h3-8,11,13H,2,9-10,12H2,1H3,(H,26,27,30). The molecule has 1 aliphatic rings. The number of thiazole rings is 1. The number of nitrogens with one attached hydrogen (secondary N) is 1. The number of hydrogen-bond donors (Lipinski definition) is 1. The van der Waals surface area contributed by atoms with E-state index < -0.39 is 6.09 Å². The average Bonchev–Trinajstić information content (AvgIpc) is 3.39. The van der Waals surface area contributed by atoms with Crippen LogP contribution in [0.25, 0.3) is 27.5 Å². The summed E-state index contributed by atoms with van der Waals surface area (Å²) in [6.07, 6.45) is 5.37. The lowest BCUT2D eigenvalue weighted by Crippen LogP contribution is -2.13. The van der Waals surface area contributed by atoms with Crippen LogP contribution in [0.5, 0.6) is 0 Å². The van der Waals surface area contributed by atoms with Crippen molar-refractivity contribution in [2.75, 3.05) is 11.9 Å². The Balaban J connectivity index is 1.64. The number of nitrogens with zero attached hydrogens (tertiary/aromatic N) is 4. The Hall–Kier alpha value is -3.23. The molecule has 5 rings (SSSR count). The van der Waals surface area contributed by atoms with Gasteiger partial charge in [0.15, 0.2) is 5.13 Å². The minimum absolute atomic E-state index is 0.370. The van der Waals surface area contributed by atoms with Gasteiger partial charge in [0.05, 0.1) is 39.3 Å². The molecule has 3 heterocycles. The topological polar surface area (TPSA) is 81.9 Å². The number of halogens is 1. The molecule has 0 spiro atoms. The normalized spacial score (nSPS) is 12.2. The van der Waals surface area contributed by atoms with Gasteiger partial charge in [0.2, 0.25) is 0 Å². The van der Waals surface area contributed by atoms with Crippen LogP contribution in [0, 0.1) is 0 Å². The van der Waals surface area contributed by atoms with Crippen LogP contribution in [0.2, 0.25) is 5.02 Å². The van der Waals surface area contributed by atoms with Gasteiger partial charge < -0.3 is 4.74 Å². The van der Waals surface area contributed by atoms with Crippen LogP contribution in [0.3, 0.4) is 0 Å². The summed E-state index contributed by atoms with van der Waals surface area (Å²) in [5.41, 5.74) is 5.62. The van der Waals surface area contributed by atoms with Crippen molar-refractivity contribution in [2.45, 2.75) is 26.2 Å². The predicted molar refractivity (Wildman–Crippen MR) is 126 cm³/mol. The monoisotopic (exact) mass is 465 g/mol. The average molecular weight is 466 g/mol. The molecular formula is C23H20ClN5O2S. The highest BCUT2D eigenvalue weighted by atomic mass is 35.5. The fraction of sp³-hybridized carbons (Fsp3) is 0.217. The van der Waals surface area contributed by atoms with Crippen LogP contribution < -0.4 is 5.32 Å². The second-order valence-electron chi connectivity index (χ2n) is 7.34. The highest BCUT2D eigenvalue weighted by Gasteiger charge is 2.30. The molecule has 9 heteroatoms. The van der Waals surface area contributed by atoms with Gasteiger partial charge >= 0.3 is 6.09 Å². The maximum absolute atomic E-state index is 12.0. The van der Waals surface area contributed by atoms with Gasteiger partial charge in [-0.05, 0) is 43.5 Å². The summed E-state index contributed by atoms with van der Waals surface area (Å²) < 4.78 is 7.03. The first kappa shape index (κ1) is 20.7. The van der Waals surface area contributed by atoms with Crippen molar-refractivity contribution in [3.63, 3.8) is 0 Å². The van der Waals surface area contributed by atoms with Gasteiger partial charge in [-0.25, -0.2) is 14.5 Å². The number of amides is 1. The third-order valence-electron chi connectivity index (χ3n) is 5.17. The van der Waals surface area contributed by atoms with E-state index >= 15 is 0 Å². The maximum atomic E-state index is 12.0. The molecule has 162 valence electrons. The third-order valence-corrected chi connectivity index (χ3v) is 6.51. The summed E-state index contributed by atoms with van der Waals surface area (Å²) in [5, 5.41) is 8.83. The van der Waals surface area contributed by atoms with Gasteiger partial charge in [0.1, 0.15) is 0 Å². The van der Waals surface area contributed by atoms with Crippen LogP contribution in [-0.2, 0) is 17.6 Å². The lowest BCUT2D eigenvalue weighted by atomic mass is 9.95. The Morgan fingerprint density at radius 3 is 2.91 bits per heavy atom. The summed E-state index contributed by atoms with van der Waals surface area (Å²) in [7, 11) is 0. The molecular weight excluding hydrogens is 446 g/mol. The van der Waals surface area contributed by atoms with Crippen molar-refractivity contribution in [2.24, 2.45) is 0 Å². The van der Waals surface area contributed by atoms with Gasteiger partial charge in [-0.2, -0.15) is 5.10 Å². The largest absolute Gasteiger partial charge is 0.449 e. The highest BCUT2D eigenvalue weighted by molar-refractivity contribution is 7.19. The van der Waals surface area contributed by atoms with E-state index in [1.165, 1.54) is 11.3 Å². The fourth-order valence-corrected chi connectivity index (χ4v) is 5.05. The number of hydrogen-bond acceptors (Lipinski definition) is 6. The lowest BCUT2D eigenvalue weighted by Gasteiger charge is -2.14. The number of benzene rings is 1. The van der Waals surface area contributed by atoms with Crippen molar-refractivity contribution < 1.29 is 9.53 Å². The van der Waals surface area contributed by atoms with E-state index in [4.69, 9.17) is 21.4 Å². The predicted octanol–water partition coefficient (Wildman–Crippen LogP) is 5.77. The number of aromatic nitrogens is 4.